The van der Waals surface area contributed by atoms with Gasteiger partial charge < -0.3 is 9.53 Å². The maximum Gasteiger partial charge on any atom is 0.249 e. The minimum Gasteiger partial charge on any atom is -0.549 e. The Labute approximate surface area is 118 Å². The van der Waals surface area contributed by atoms with Gasteiger partial charge in [0.15, 0.2) is 0 Å². The number of hydrogen-bond donors (Lipinski definition) is 1. The van der Waals surface area contributed by atoms with E-state index in [1.165, 1.54) is 0 Å². The maximum absolute atomic E-state index is 10.0. The fraction of sp³-hybridized carbons (Fsp3) is 0.500. The molecule has 1 aromatic rings. The lowest BCUT2D eigenvalue weighted by Gasteiger charge is -2.26. The second-order valence-electron chi connectivity index (χ2n) is 4.90. The Hall–Kier alpha value is -1.06. The molecular weight excluding hydrogens is 252 g/mol. The molecule has 0 bridgehead atoms. The molecular formula is C16H26O2Si. The van der Waals surface area contributed by atoms with Gasteiger partial charge in [-0.3, -0.25) is 0 Å². The Morgan fingerprint density at radius 1 is 1.11 bits per heavy atom. The third-order valence-electron chi connectivity index (χ3n) is 3.89. The summed E-state index contributed by atoms with van der Waals surface area (Å²) in [7, 11) is -1.54. The number of rotatable bonds is 8. The van der Waals surface area contributed by atoms with Crippen LogP contribution in [-0.4, -0.2) is 13.4 Å². The minimum absolute atomic E-state index is 0.443. The summed E-state index contributed by atoms with van der Waals surface area (Å²) in [5, 5.41) is 10.0. The van der Waals surface area contributed by atoms with Crippen LogP contribution in [0.5, 0.6) is 0 Å². The van der Waals surface area contributed by atoms with Gasteiger partial charge in [-0.2, -0.15) is 0 Å². The van der Waals surface area contributed by atoms with Crippen LogP contribution in [0, 0.1) is 0 Å². The minimum atomic E-state index is -1.54. The highest BCUT2D eigenvalue weighted by Gasteiger charge is 2.28. The first-order valence-corrected chi connectivity index (χ1v) is 9.76. The van der Waals surface area contributed by atoms with E-state index in [2.05, 4.69) is 20.8 Å². The zero-order chi connectivity index (χ0) is 14.1. The molecule has 0 aliphatic heterocycles. The van der Waals surface area contributed by atoms with E-state index in [0.717, 1.165) is 23.7 Å². The summed E-state index contributed by atoms with van der Waals surface area (Å²) in [6, 6.07) is 13.2. The van der Waals surface area contributed by atoms with E-state index in [9.17, 15) is 5.11 Å². The van der Waals surface area contributed by atoms with E-state index < -0.39 is 14.4 Å². The third-order valence-corrected chi connectivity index (χ3v) is 8.39. The van der Waals surface area contributed by atoms with E-state index in [4.69, 9.17) is 4.43 Å². The molecule has 1 unspecified atom stereocenters. The molecule has 0 aliphatic carbocycles. The SMILES string of the molecule is CC[Si](CC)(CC)O/C=C/CC(O)c1ccccc1. The maximum atomic E-state index is 10.0. The Balaban J connectivity index is 2.46. The molecule has 1 N–H and O–H groups in total. The largest absolute Gasteiger partial charge is 0.549 e. The van der Waals surface area contributed by atoms with E-state index in [0.29, 0.717) is 6.42 Å². The molecule has 0 aliphatic rings. The van der Waals surface area contributed by atoms with Gasteiger partial charge in [0, 0.05) is 0 Å². The molecule has 1 rings (SSSR count). The first-order chi connectivity index (χ1) is 9.17. The molecule has 0 fully saturated rings. The fourth-order valence-electron chi connectivity index (χ4n) is 2.19. The highest BCUT2D eigenvalue weighted by atomic mass is 28.4. The highest BCUT2D eigenvalue weighted by molar-refractivity contribution is 6.73. The van der Waals surface area contributed by atoms with E-state index in [-0.39, 0.29) is 0 Å². The van der Waals surface area contributed by atoms with Crippen molar-refractivity contribution in [2.24, 2.45) is 0 Å². The zero-order valence-electron chi connectivity index (χ0n) is 12.3. The van der Waals surface area contributed by atoms with Gasteiger partial charge in [-0.1, -0.05) is 51.1 Å². The smallest absolute Gasteiger partial charge is 0.249 e. The van der Waals surface area contributed by atoms with Crippen LogP contribution in [0.4, 0.5) is 0 Å². The van der Waals surface area contributed by atoms with Crippen molar-refractivity contribution in [1.82, 2.24) is 0 Å². The summed E-state index contributed by atoms with van der Waals surface area (Å²) in [5.41, 5.74) is 0.956. The molecule has 1 aromatic carbocycles. The molecule has 19 heavy (non-hydrogen) atoms. The van der Waals surface area contributed by atoms with E-state index in [1.807, 2.05) is 42.7 Å². The van der Waals surface area contributed by atoms with Crippen molar-refractivity contribution in [2.75, 3.05) is 0 Å². The van der Waals surface area contributed by atoms with Crippen molar-refractivity contribution >= 4 is 8.32 Å². The van der Waals surface area contributed by atoms with Crippen molar-refractivity contribution in [3.8, 4) is 0 Å². The number of aliphatic hydroxyl groups is 1. The van der Waals surface area contributed by atoms with Crippen LogP contribution < -0.4 is 0 Å². The summed E-state index contributed by atoms with van der Waals surface area (Å²) >= 11 is 0. The molecule has 3 heteroatoms. The molecule has 0 heterocycles. The van der Waals surface area contributed by atoms with Gasteiger partial charge in [0.05, 0.1) is 12.4 Å². The molecule has 1 atom stereocenters. The van der Waals surface area contributed by atoms with Crippen molar-refractivity contribution in [3.05, 3.63) is 48.2 Å². The second kappa shape index (κ2) is 8.18. The molecule has 0 saturated carbocycles. The summed E-state index contributed by atoms with van der Waals surface area (Å²) in [6.07, 6.45) is 3.92. The predicted molar refractivity (Wildman–Crippen MR) is 83.4 cm³/mol. The van der Waals surface area contributed by atoms with Crippen LogP contribution in [0.3, 0.4) is 0 Å². The molecule has 0 radical (unpaired) electrons. The topological polar surface area (TPSA) is 29.5 Å². The number of benzene rings is 1. The quantitative estimate of drug-likeness (QED) is 0.554. The molecule has 106 valence electrons. The summed E-state index contributed by atoms with van der Waals surface area (Å²) in [4.78, 5) is 0. The van der Waals surface area contributed by atoms with Crippen LogP contribution in [0.15, 0.2) is 42.7 Å². The first kappa shape index (κ1) is 16.0. The molecule has 0 aromatic heterocycles. The van der Waals surface area contributed by atoms with Gasteiger partial charge in [0.2, 0.25) is 8.32 Å². The number of aliphatic hydroxyl groups excluding tert-OH is 1. The normalized spacial score (nSPS) is 13.7. The Morgan fingerprint density at radius 2 is 1.68 bits per heavy atom. The second-order valence-corrected chi connectivity index (χ2v) is 9.62. The highest BCUT2D eigenvalue weighted by Crippen LogP contribution is 2.22. The standard InChI is InChI=1S/C16H26O2Si/c1-4-19(5-2,6-3)18-14-10-13-16(17)15-11-8-7-9-12-15/h7-12,14,16-17H,4-6,13H2,1-3H3/b14-10+. The lowest BCUT2D eigenvalue weighted by molar-refractivity contribution is 0.181. The van der Waals surface area contributed by atoms with Gasteiger partial charge in [-0.05, 0) is 36.2 Å². The Morgan fingerprint density at radius 3 is 2.21 bits per heavy atom. The van der Waals surface area contributed by atoms with Crippen LogP contribution in [0.2, 0.25) is 18.1 Å². The van der Waals surface area contributed by atoms with E-state index >= 15 is 0 Å². The summed E-state index contributed by atoms with van der Waals surface area (Å²) < 4.78 is 6.01. The zero-order valence-corrected chi connectivity index (χ0v) is 13.3. The van der Waals surface area contributed by atoms with Gasteiger partial charge >= 0.3 is 0 Å². The first-order valence-electron chi connectivity index (χ1n) is 7.23. The van der Waals surface area contributed by atoms with Crippen LogP contribution >= 0.6 is 0 Å². The molecule has 0 spiro atoms. The van der Waals surface area contributed by atoms with E-state index in [1.54, 1.807) is 0 Å². The van der Waals surface area contributed by atoms with Gasteiger partial charge in [0.1, 0.15) is 0 Å². The van der Waals surface area contributed by atoms with Crippen LogP contribution in [-0.2, 0) is 4.43 Å². The molecule has 0 saturated heterocycles. The van der Waals surface area contributed by atoms with Gasteiger partial charge in [0.25, 0.3) is 0 Å². The molecule has 2 nitrogen and oxygen atoms in total. The van der Waals surface area contributed by atoms with Gasteiger partial charge in [-0.25, -0.2) is 0 Å². The summed E-state index contributed by atoms with van der Waals surface area (Å²) in [5.74, 6) is 0. The summed E-state index contributed by atoms with van der Waals surface area (Å²) in [6.45, 7) is 6.64. The fourth-order valence-corrected chi connectivity index (χ4v) is 4.57. The van der Waals surface area contributed by atoms with Crippen molar-refractivity contribution < 1.29 is 9.53 Å². The Kier molecular flexibility index (Phi) is 6.88. The van der Waals surface area contributed by atoms with Crippen LogP contribution in [0.1, 0.15) is 38.9 Å². The lowest BCUT2D eigenvalue weighted by Crippen LogP contribution is -2.33. The molecule has 0 amide bonds. The lowest BCUT2D eigenvalue weighted by atomic mass is 10.1. The van der Waals surface area contributed by atoms with Crippen molar-refractivity contribution in [3.63, 3.8) is 0 Å². The Bertz CT molecular complexity index is 363. The predicted octanol–water partition coefficient (Wildman–Crippen LogP) is 4.65. The van der Waals surface area contributed by atoms with Gasteiger partial charge in [-0.15, -0.1) is 0 Å². The monoisotopic (exact) mass is 278 g/mol. The number of hydrogen-bond acceptors (Lipinski definition) is 2. The van der Waals surface area contributed by atoms with Crippen molar-refractivity contribution in [1.29, 1.82) is 0 Å². The average Bonchev–Trinajstić information content (AvgIpc) is 2.49. The average molecular weight is 278 g/mol. The van der Waals surface area contributed by atoms with Crippen molar-refractivity contribution in [2.45, 2.75) is 51.4 Å². The van der Waals surface area contributed by atoms with Crippen LogP contribution in [0.25, 0.3) is 0 Å². The third kappa shape index (κ3) is 4.84.